The number of carbonyl (C=O) groups excluding carboxylic acids is 2. The Kier molecular flexibility index (Phi) is 39.3. The maximum Gasteiger partial charge on any atom is 0.178 e. The van der Waals surface area contributed by atoms with Gasteiger partial charge in [0.1, 0.15) is 5.69 Å². The fraction of sp³-hybridized carbons (Fsp3) is 0.145. The fourth-order valence-corrected chi connectivity index (χ4v) is 45.4. The molecule has 98 heavy (non-hydrogen) atoms. The fourth-order valence-electron chi connectivity index (χ4n) is 9.26. The summed E-state index contributed by atoms with van der Waals surface area (Å²) in [5, 5.41) is 4.91. The maximum atomic E-state index is 13.1. The van der Waals surface area contributed by atoms with Gasteiger partial charge in [-0.2, -0.15) is 0 Å². The van der Waals surface area contributed by atoms with Crippen molar-refractivity contribution in [1.29, 1.82) is 0 Å². The number of hydrogen-bond acceptors (Lipinski definition) is 16. The highest BCUT2D eigenvalue weighted by Crippen LogP contribution is 2.37. The van der Waals surface area contributed by atoms with Gasteiger partial charge in [0.05, 0.1) is 79.0 Å². The number of ketones is 2. The van der Waals surface area contributed by atoms with Crippen LogP contribution in [-0.2, 0) is 227 Å². The van der Waals surface area contributed by atoms with Gasteiger partial charge >= 0.3 is 0 Å². The summed E-state index contributed by atoms with van der Waals surface area (Å²) in [6.07, 6.45) is 11.0. The molecule has 7 aromatic heterocycles. The minimum atomic E-state index is -1.71. The van der Waals surface area contributed by atoms with Crippen molar-refractivity contribution in [1.82, 2.24) is 34.9 Å². The lowest BCUT2D eigenvalue weighted by Crippen LogP contribution is -2.42. The molecule has 7 heterocycles. The summed E-state index contributed by atoms with van der Waals surface area (Å²) < 4.78 is 0. The van der Waals surface area contributed by atoms with Crippen molar-refractivity contribution in [2.75, 3.05) is 0 Å². The van der Waals surface area contributed by atoms with E-state index in [0.29, 0.717) is 11.3 Å². The molecule has 510 valence electrons. The first-order chi connectivity index (χ1) is 47.4. The number of nitrogens with zero attached hydrogens (tertiary/aromatic N) is 7. The zero-order chi connectivity index (χ0) is 70.7. The number of benzene rings is 3. The molecular formula is C62H58N8O2S24Si2. The number of aromatic nitrogens is 7. The third-order valence-electron chi connectivity index (χ3n) is 13.3. The summed E-state index contributed by atoms with van der Waals surface area (Å²) in [4.78, 5) is 56.5. The third kappa shape index (κ3) is 27.2. The van der Waals surface area contributed by atoms with Gasteiger partial charge < -0.3 is 5.73 Å². The molecular weight excluding hydrogens is 1710 g/mol. The van der Waals surface area contributed by atoms with Gasteiger partial charge in [0.15, 0.2) is 11.6 Å². The van der Waals surface area contributed by atoms with Crippen LogP contribution in [0.4, 0.5) is 0 Å². The van der Waals surface area contributed by atoms with Crippen LogP contribution in [-0.4, -0.2) is 62.6 Å². The average Bonchev–Trinajstić information content (AvgIpc) is 0.743. The van der Waals surface area contributed by atoms with Gasteiger partial charge in [-0.15, -0.1) is 0 Å². The molecule has 0 fully saturated rings. The van der Waals surface area contributed by atoms with E-state index in [-0.39, 0.29) is 11.6 Å². The van der Waals surface area contributed by atoms with Crippen LogP contribution in [0, 0.1) is 5.92 Å². The molecule has 0 amide bonds. The van der Waals surface area contributed by atoms with Gasteiger partial charge in [-0.25, -0.2) is 15.0 Å². The predicted octanol–water partition coefficient (Wildman–Crippen LogP) is 12.6. The minimum absolute atomic E-state index is 0.00981. The maximum absolute atomic E-state index is 13.1. The van der Waals surface area contributed by atoms with Gasteiger partial charge in [0.25, 0.3) is 0 Å². The molecule has 3 aromatic carbocycles. The SMILES string of the molecule is CC(=O)c1ccccn1.C[Si](C)(C)c1cc(-c2ccccn2)nc2c1C=CC(C(=O)c1ccccc1)C2N.C[Si](C)(C)c1cc(-c2ccccn2)nc2c1ccc1c(-c3ccccc3)cc(-c3ccccn3)nc12.S=S=S=S=S=S=S.S=S=S=S=S=S=S=S.S=S=S=S=S=S=S=S=S. The van der Waals surface area contributed by atoms with Gasteiger partial charge in [-0.1, -0.05) is 148 Å². The Morgan fingerprint density at radius 3 is 1.22 bits per heavy atom. The van der Waals surface area contributed by atoms with Crippen LogP contribution < -0.4 is 16.1 Å². The van der Waals surface area contributed by atoms with Crippen LogP contribution in [0.5, 0.6) is 0 Å². The molecule has 2 unspecified atom stereocenters. The number of hydrogen-bond donors (Lipinski definition) is 1. The standard InChI is InChI=1S/C31H26N4Si.C24H25N3OSi.C7H7NO.S9.S8.S7/c1-36(2,3)29-20-28(26-14-8-10-18-33-26)35-31-23(29)16-15-22-24(21-11-5-4-6-12-21)19-27(34-30(22)31)25-13-7-9-17-32-25;1-29(2,3)21-15-20(19-11-7-8-14-26-19)27-23-17(21)12-13-18(22(23)25)24(28)16-9-5-4-6-10-16;1-6(9)7-4-2-3-5-8-7;1-3-5-7-9-8-6-4-2;1-3-5-7-8-6-4-2;1-3-5-7-6-4-2/h4-20H,1-3H3;4-15,18,22H,25H2,1-3H3;2-5H,1H3;;;. The van der Waals surface area contributed by atoms with Crippen LogP contribution in [0.3, 0.4) is 0 Å². The smallest absolute Gasteiger partial charge is 0.178 e. The largest absolute Gasteiger partial charge is 0.322 e. The van der Waals surface area contributed by atoms with Crippen LogP contribution >= 0.6 is 0 Å². The van der Waals surface area contributed by atoms with E-state index in [2.05, 4.69) is 181 Å². The zero-order valence-corrected chi connectivity index (χ0v) is 74.1. The molecule has 0 saturated heterocycles. The minimum Gasteiger partial charge on any atom is -0.322 e. The molecule has 0 bridgehead atoms. The Hall–Kier alpha value is -3.02. The highest BCUT2D eigenvalue weighted by molar-refractivity contribution is 8.72. The third-order valence-corrected chi connectivity index (χ3v) is 50.7. The lowest BCUT2D eigenvalue weighted by Gasteiger charge is -2.30. The molecule has 36 heteroatoms. The van der Waals surface area contributed by atoms with E-state index < -0.39 is 28.1 Å². The number of pyridine rings is 7. The Morgan fingerprint density at radius 1 is 0.418 bits per heavy atom. The Bertz CT molecular complexity index is 5270. The van der Waals surface area contributed by atoms with E-state index in [9.17, 15) is 9.59 Å². The van der Waals surface area contributed by atoms with E-state index in [0.717, 1.165) is 73.0 Å². The first kappa shape index (κ1) is 83.9. The van der Waals surface area contributed by atoms with Crippen LogP contribution in [0.15, 0.2) is 195 Å². The van der Waals surface area contributed by atoms with Crippen LogP contribution in [0.25, 0.3) is 73.2 Å². The quantitative estimate of drug-likeness (QED) is 0.0828. The number of rotatable bonds is 9. The van der Waals surface area contributed by atoms with Crippen molar-refractivity contribution < 1.29 is 9.59 Å². The molecule has 2 atom stereocenters. The summed E-state index contributed by atoms with van der Waals surface area (Å²) in [6, 6.07) is 53.3. The first-order valence-electron chi connectivity index (χ1n) is 28.2. The predicted molar refractivity (Wildman–Crippen MR) is 484 cm³/mol. The molecule has 0 saturated carbocycles. The molecule has 0 spiro atoms. The summed E-state index contributed by atoms with van der Waals surface area (Å²) in [7, 11) is 24.0. The van der Waals surface area contributed by atoms with Gasteiger partial charge in [-0.05, 0) is 93.8 Å². The average molecular weight is 1770 g/mol. The Labute approximate surface area is 654 Å². The van der Waals surface area contributed by atoms with E-state index in [1.165, 1.54) is 76.0 Å². The van der Waals surface area contributed by atoms with E-state index in [1.807, 2.05) is 116 Å². The van der Waals surface area contributed by atoms with Crippen molar-refractivity contribution in [3.63, 3.8) is 0 Å². The lowest BCUT2D eigenvalue weighted by atomic mass is 9.83. The summed E-state index contributed by atoms with van der Waals surface area (Å²) in [5.74, 6) is -0.388. The van der Waals surface area contributed by atoms with Crippen molar-refractivity contribution >= 4 is 293 Å². The van der Waals surface area contributed by atoms with Gasteiger partial charge in [0.2, 0.25) is 0 Å². The summed E-state index contributed by atoms with van der Waals surface area (Å²) in [5.41, 5.74) is 18.9. The zero-order valence-electron chi connectivity index (χ0n) is 52.5. The molecule has 1 aliphatic carbocycles. The van der Waals surface area contributed by atoms with E-state index in [4.69, 9.17) is 20.7 Å². The molecule has 11 rings (SSSR count). The van der Waals surface area contributed by atoms with Crippen LogP contribution in [0.2, 0.25) is 39.3 Å². The van der Waals surface area contributed by atoms with Gasteiger partial charge in [0, 0.05) is 275 Å². The molecule has 10 aromatic rings. The number of Topliss-reactive ketones (excluding diaryl/α,β-unsaturated/α-hetero) is 2. The van der Waals surface area contributed by atoms with Crippen molar-refractivity contribution in [3.8, 4) is 45.3 Å². The van der Waals surface area contributed by atoms with Crippen LogP contribution in [0.1, 0.15) is 45.1 Å². The second kappa shape index (κ2) is 45.9. The number of fused-ring (bicyclic) bond motifs is 4. The second-order valence-electron chi connectivity index (χ2n) is 21.5. The normalized spacial score (nSPS) is 12.2. The lowest BCUT2D eigenvalue weighted by molar-refractivity contribution is 0.0928. The molecule has 2 N–H and O–H groups in total. The van der Waals surface area contributed by atoms with E-state index >= 15 is 0 Å². The molecule has 0 aliphatic heterocycles. The van der Waals surface area contributed by atoms with Crippen molar-refractivity contribution in [2.24, 2.45) is 11.7 Å². The van der Waals surface area contributed by atoms with Crippen molar-refractivity contribution in [3.05, 3.63) is 217 Å². The summed E-state index contributed by atoms with van der Waals surface area (Å²) >= 11 is 27.6. The Balaban J connectivity index is 0.000000215. The molecule has 1 aliphatic rings. The number of nitrogens with two attached hydrogens (primary N) is 1. The van der Waals surface area contributed by atoms with E-state index in [1.54, 1.807) is 137 Å². The molecule has 10 nitrogen and oxygen atoms in total. The first-order valence-corrected chi connectivity index (χ1v) is 63.2. The van der Waals surface area contributed by atoms with Gasteiger partial charge in [-0.3, -0.25) is 29.5 Å². The molecule has 0 radical (unpaired) electrons. The second-order valence-corrected chi connectivity index (χ2v) is 63.4. The number of carbonyl (C=O) groups is 2. The van der Waals surface area contributed by atoms with Crippen molar-refractivity contribution in [2.45, 2.75) is 52.2 Å². The summed E-state index contributed by atoms with van der Waals surface area (Å²) in [6.45, 7) is 15.6. The topological polar surface area (TPSA) is 150 Å². The highest BCUT2D eigenvalue weighted by Gasteiger charge is 2.34. The highest BCUT2D eigenvalue weighted by atomic mass is 33.4. The monoisotopic (exact) mass is 1770 g/mol. The Morgan fingerprint density at radius 2 is 0.806 bits per heavy atom.